The molecule has 6 nitrogen and oxygen atoms in total. The van der Waals surface area contributed by atoms with E-state index in [4.69, 9.17) is 4.99 Å². The van der Waals surface area contributed by atoms with E-state index >= 15 is 0 Å². The Bertz CT molecular complexity index is 508. The molecule has 2 rings (SSSR count). The van der Waals surface area contributed by atoms with Gasteiger partial charge in [-0.25, -0.2) is 4.99 Å². The van der Waals surface area contributed by atoms with Gasteiger partial charge in [0.05, 0.1) is 0 Å². The van der Waals surface area contributed by atoms with Gasteiger partial charge in [-0.3, -0.25) is 0 Å². The number of hydrogen-bond donors (Lipinski definition) is 2. The van der Waals surface area contributed by atoms with Crippen LogP contribution in [0, 0.1) is 5.92 Å². The third-order valence-corrected chi connectivity index (χ3v) is 4.76. The second-order valence-electron chi connectivity index (χ2n) is 6.63. The van der Waals surface area contributed by atoms with E-state index in [0.29, 0.717) is 6.54 Å². The fourth-order valence-electron chi connectivity index (χ4n) is 3.16. The van der Waals surface area contributed by atoms with Crippen LogP contribution in [0.25, 0.3) is 0 Å². The molecule has 0 aromatic carbocycles. The number of aryl methyl sites for hydroxylation is 1. The molecule has 136 valence electrons. The van der Waals surface area contributed by atoms with Crippen LogP contribution in [0.5, 0.6) is 0 Å². The van der Waals surface area contributed by atoms with Gasteiger partial charge in [-0.2, -0.15) is 0 Å². The predicted octanol–water partition coefficient (Wildman–Crippen LogP) is 2.89. The summed E-state index contributed by atoms with van der Waals surface area (Å²) in [4.78, 5) is 4.72. The molecule has 2 heterocycles. The van der Waals surface area contributed by atoms with Crippen LogP contribution in [0.3, 0.4) is 0 Å². The van der Waals surface area contributed by atoms with Crippen molar-refractivity contribution in [2.24, 2.45) is 10.9 Å². The van der Waals surface area contributed by atoms with Crippen LogP contribution >= 0.6 is 0 Å². The summed E-state index contributed by atoms with van der Waals surface area (Å²) < 4.78 is 2.24. The molecular formula is C18H34N6. The van der Waals surface area contributed by atoms with Gasteiger partial charge >= 0.3 is 0 Å². The molecule has 1 aliphatic rings. The Morgan fingerprint density at radius 3 is 2.83 bits per heavy atom. The number of fused-ring (bicyclic) bond motifs is 1. The van der Waals surface area contributed by atoms with Gasteiger partial charge in [0.15, 0.2) is 11.8 Å². The second kappa shape index (κ2) is 10.3. The van der Waals surface area contributed by atoms with Gasteiger partial charge in [-0.05, 0) is 32.1 Å². The molecule has 24 heavy (non-hydrogen) atoms. The highest BCUT2D eigenvalue weighted by Gasteiger charge is 2.15. The highest BCUT2D eigenvalue weighted by molar-refractivity contribution is 5.79. The molecule has 1 aliphatic heterocycles. The fraction of sp³-hybridized carbons (Fsp3) is 0.833. The molecule has 1 aromatic heterocycles. The minimum Gasteiger partial charge on any atom is -0.357 e. The lowest BCUT2D eigenvalue weighted by Gasteiger charge is -2.18. The quantitative estimate of drug-likeness (QED) is 0.538. The van der Waals surface area contributed by atoms with Gasteiger partial charge < -0.3 is 15.2 Å². The summed E-state index contributed by atoms with van der Waals surface area (Å²) in [7, 11) is 0. The van der Waals surface area contributed by atoms with E-state index in [1.165, 1.54) is 38.5 Å². The lowest BCUT2D eigenvalue weighted by atomic mass is 9.99. The number of guanidine groups is 1. The van der Waals surface area contributed by atoms with Crippen LogP contribution in [-0.4, -0.2) is 33.8 Å². The van der Waals surface area contributed by atoms with Gasteiger partial charge in [-0.15, -0.1) is 10.2 Å². The molecule has 1 atom stereocenters. The molecule has 0 radical (unpaired) electrons. The molecule has 1 aromatic rings. The van der Waals surface area contributed by atoms with Gasteiger partial charge in [0.25, 0.3) is 0 Å². The molecule has 0 amide bonds. The van der Waals surface area contributed by atoms with E-state index < -0.39 is 0 Å². The molecule has 2 N–H and O–H groups in total. The van der Waals surface area contributed by atoms with Crippen LogP contribution < -0.4 is 10.6 Å². The third-order valence-electron chi connectivity index (χ3n) is 4.76. The van der Waals surface area contributed by atoms with Crippen LogP contribution in [0.1, 0.15) is 70.9 Å². The summed E-state index contributed by atoms with van der Waals surface area (Å²) in [6.07, 6.45) is 8.56. The number of rotatable bonds is 9. The molecule has 0 saturated carbocycles. The zero-order valence-corrected chi connectivity index (χ0v) is 15.6. The molecule has 6 heteroatoms. The summed E-state index contributed by atoms with van der Waals surface area (Å²) in [5, 5.41) is 15.5. The Morgan fingerprint density at radius 1 is 1.21 bits per heavy atom. The molecule has 0 bridgehead atoms. The molecule has 1 unspecified atom stereocenters. The number of nitrogens with zero attached hydrogens (tertiary/aromatic N) is 4. The zero-order chi connectivity index (χ0) is 17.2. The standard InChI is InChI=1S/C18H34N6/c1-4-7-10-15(5-2)13-20-18(19-6-3)21-14-17-23-22-16-11-8-9-12-24(16)17/h15H,4-14H2,1-3H3,(H2,19,20,21). The number of aliphatic imine (C=N–C) groups is 1. The Balaban J connectivity index is 1.91. The Morgan fingerprint density at radius 2 is 2.08 bits per heavy atom. The maximum atomic E-state index is 4.72. The summed E-state index contributed by atoms with van der Waals surface area (Å²) in [5.74, 6) is 3.71. The second-order valence-corrected chi connectivity index (χ2v) is 6.63. The van der Waals surface area contributed by atoms with E-state index in [-0.39, 0.29) is 0 Å². The van der Waals surface area contributed by atoms with Gasteiger partial charge in [0, 0.05) is 26.1 Å². The first-order chi connectivity index (χ1) is 11.8. The van der Waals surface area contributed by atoms with E-state index in [2.05, 4.69) is 46.2 Å². The van der Waals surface area contributed by atoms with Crippen molar-refractivity contribution < 1.29 is 0 Å². The van der Waals surface area contributed by atoms with Crippen LogP contribution in [0.2, 0.25) is 0 Å². The van der Waals surface area contributed by atoms with Crippen molar-refractivity contribution in [3.63, 3.8) is 0 Å². The van der Waals surface area contributed by atoms with Crippen LogP contribution in [-0.2, 0) is 19.5 Å². The Kier molecular flexibility index (Phi) is 8.05. The number of nitrogens with one attached hydrogen (secondary N) is 2. The summed E-state index contributed by atoms with van der Waals surface area (Å²) in [6, 6.07) is 0. The maximum absolute atomic E-state index is 4.72. The summed E-state index contributed by atoms with van der Waals surface area (Å²) in [6.45, 7) is 10.1. The van der Waals surface area contributed by atoms with E-state index in [1.807, 2.05) is 0 Å². The first-order valence-corrected chi connectivity index (χ1v) is 9.71. The number of aromatic nitrogens is 3. The van der Waals surface area contributed by atoms with E-state index in [0.717, 1.165) is 49.6 Å². The van der Waals surface area contributed by atoms with Crippen molar-refractivity contribution in [3.8, 4) is 0 Å². The van der Waals surface area contributed by atoms with Crippen molar-refractivity contribution in [2.75, 3.05) is 13.1 Å². The lowest BCUT2D eigenvalue weighted by Crippen LogP contribution is -2.39. The van der Waals surface area contributed by atoms with Gasteiger partial charge in [-0.1, -0.05) is 33.1 Å². The smallest absolute Gasteiger partial charge is 0.191 e. The van der Waals surface area contributed by atoms with Crippen molar-refractivity contribution in [2.45, 2.75) is 78.8 Å². The zero-order valence-electron chi connectivity index (χ0n) is 15.6. The minimum atomic E-state index is 0.591. The third kappa shape index (κ3) is 5.49. The van der Waals surface area contributed by atoms with Crippen molar-refractivity contribution in [1.82, 2.24) is 25.4 Å². The largest absolute Gasteiger partial charge is 0.357 e. The maximum Gasteiger partial charge on any atom is 0.191 e. The Hall–Kier alpha value is -1.59. The molecule has 0 fully saturated rings. The summed E-state index contributed by atoms with van der Waals surface area (Å²) >= 11 is 0. The monoisotopic (exact) mass is 334 g/mol. The highest BCUT2D eigenvalue weighted by Crippen LogP contribution is 2.14. The fourth-order valence-corrected chi connectivity index (χ4v) is 3.16. The average molecular weight is 335 g/mol. The highest BCUT2D eigenvalue weighted by atomic mass is 15.3. The first kappa shape index (κ1) is 18.7. The van der Waals surface area contributed by atoms with Crippen molar-refractivity contribution in [1.29, 1.82) is 0 Å². The molecule has 0 saturated heterocycles. The van der Waals surface area contributed by atoms with Crippen LogP contribution in [0.15, 0.2) is 4.99 Å². The molecule has 0 spiro atoms. The molecular weight excluding hydrogens is 300 g/mol. The van der Waals surface area contributed by atoms with E-state index in [9.17, 15) is 0 Å². The van der Waals surface area contributed by atoms with E-state index in [1.54, 1.807) is 0 Å². The minimum absolute atomic E-state index is 0.591. The summed E-state index contributed by atoms with van der Waals surface area (Å²) in [5.41, 5.74) is 0. The predicted molar refractivity (Wildman–Crippen MR) is 99.1 cm³/mol. The van der Waals surface area contributed by atoms with Gasteiger partial charge in [0.2, 0.25) is 0 Å². The topological polar surface area (TPSA) is 67.1 Å². The normalized spacial score (nSPS) is 15.9. The Labute approximate surface area is 146 Å². The van der Waals surface area contributed by atoms with Gasteiger partial charge in [0.1, 0.15) is 12.4 Å². The lowest BCUT2D eigenvalue weighted by molar-refractivity contribution is 0.443. The first-order valence-electron chi connectivity index (χ1n) is 9.71. The number of unbranched alkanes of at least 4 members (excludes halogenated alkanes) is 1. The van der Waals surface area contributed by atoms with Crippen molar-refractivity contribution >= 4 is 5.96 Å². The number of hydrogen-bond acceptors (Lipinski definition) is 3. The average Bonchev–Trinajstić information content (AvgIpc) is 3.03. The van der Waals surface area contributed by atoms with Crippen LogP contribution in [0.4, 0.5) is 0 Å². The molecule has 0 aliphatic carbocycles. The SMILES string of the molecule is CCCCC(CC)CNC(=NCc1nnc2n1CCCC2)NCC. The van der Waals surface area contributed by atoms with Crippen molar-refractivity contribution in [3.05, 3.63) is 11.6 Å².